The highest BCUT2D eigenvalue weighted by Crippen LogP contribution is 2.41. The van der Waals surface area contributed by atoms with Crippen LogP contribution in [0.25, 0.3) is 53.5 Å². The average molecular weight is 545 g/mol. The van der Waals surface area contributed by atoms with Gasteiger partial charge in [-0.15, -0.1) is 11.3 Å². The molecule has 6 rings (SSSR count). The van der Waals surface area contributed by atoms with Gasteiger partial charge in [0.05, 0.1) is 24.0 Å². The largest absolute Gasteiger partial charge is 0.235 e. The van der Waals surface area contributed by atoms with E-state index in [0.717, 1.165) is 15.9 Å². The van der Waals surface area contributed by atoms with Gasteiger partial charge in [-0.05, 0) is 70.0 Å². The van der Waals surface area contributed by atoms with Crippen molar-refractivity contribution >= 4 is 55.7 Å². The summed E-state index contributed by atoms with van der Waals surface area (Å²) in [7, 11) is -1.57. The van der Waals surface area contributed by atoms with Crippen molar-refractivity contribution < 1.29 is 0 Å². The molecule has 39 heavy (non-hydrogen) atoms. The normalized spacial score (nSPS) is 12.6. The predicted octanol–water partition coefficient (Wildman–Crippen LogP) is 9.79. The van der Waals surface area contributed by atoms with Gasteiger partial charge in [0, 0.05) is 15.6 Å². The molecule has 0 radical (unpaired) electrons. The quantitative estimate of drug-likeness (QED) is 0.207. The molecule has 2 nitrogen and oxygen atoms in total. The van der Waals surface area contributed by atoms with Crippen molar-refractivity contribution in [2.24, 2.45) is 0 Å². The monoisotopic (exact) mass is 544 g/mol. The van der Waals surface area contributed by atoms with Gasteiger partial charge in [-0.25, -0.2) is 9.97 Å². The molecule has 0 bridgehead atoms. The molecule has 2 heterocycles. The van der Waals surface area contributed by atoms with Gasteiger partial charge in [-0.2, -0.15) is 0 Å². The summed E-state index contributed by atoms with van der Waals surface area (Å²) < 4.78 is 2.42. The summed E-state index contributed by atoms with van der Waals surface area (Å²) in [5.74, 6) is 0. The SMILES string of the molecule is Cc1cc(C(C)(C)C)cc(C)c1-c1ccc2c(c1)sc1c(-c3cc([Si](C)(C)C)c4ccccc4c3)ncnc12. The topological polar surface area (TPSA) is 25.8 Å². The van der Waals surface area contributed by atoms with Crippen molar-refractivity contribution in [3.63, 3.8) is 0 Å². The van der Waals surface area contributed by atoms with Crippen molar-refractivity contribution in [1.82, 2.24) is 9.97 Å². The highest BCUT2D eigenvalue weighted by atomic mass is 32.1. The summed E-state index contributed by atoms with van der Waals surface area (Å²) >= 11 is 1.82. The Kier molecular flexibility index (Phi) is 6.05. The molecule has 6 aromatic rings. The van der Waals surface area contributed by atoms with Gasteiger partial charge in [-0.3, -0.25) is 0 Å². The molecule has 0 atom stereocenters. The first kappa shape index (κ1) is 25.9. The van der Waals surface area contributed by atoms with Gasteiger partial charge in [-0.1, -0.05) is 100 Å². The first-order valence-corrected chi connectivity index (χ1v) is 18.1. The van der Waals surface area contributed by atoms with Crippen molar-refractivity contribution in [3.8, 4) is 22.4 Å². The predicted molar refractivity (Wildman–Crippen MR) is 174 cm³/mol. The van der Waals surface area contributed by atoms with E-state index >= 15 is 0 Å². The Morgan fingerprint density at radius 1 is 0.744 bits per heavy atom. The van der Waals surface area contributed by atoms with Crippen molar-refractivity contribution in [2.45, 2.75) is 59.7 Å². The minimum Gasteiger partial charge on any atom is -0.235 e. The molecule has 2 aromatic heterocycles. The standard InChI is InChI=1S/C35H36N2SSi/c1-21-15-26(35(3,4)5)16-22(2)31(21)24-13-14-28-29(18-24)38-34-32(36-20-37-33(28)34)25-17-23-11-9-10-12-27(23)30(19-25)39(6,7)8/h9-20H,1-8H3. The lowest BCUT2D eigenvalue weighted by Gasteiger charge is -2.22. The molecule has 0 aliphatic carbocycles. The average Bonchev–Trinajstić information content (AvgIpc) is 3.24. The fourth-order valence-electron chi connectivity index (χ4n) is 5.86. The van der Waals surface area contributed by atoms with E-state index in [-0.39, 0.29) is 5.41 Å². The molecular formula is C35H36N2SSi. The van der Waals surface area contributed by atoms with Gasteiger partial charge >= 0.3 is 0 Å². The summed E-state index contributed by atoms with van der Waals surface area (Å²) in [5, 5.41) is 5.34. The van der Waals surface area contributed by atoms with Crippen LogP contribution in [0.4, 0.5) is 0 Å². The number of fused-ring (bicyclic) bond motifs is 4. The zero-order chi connectivity index (χ0) is 27.7. The minimum absolute atomic E-state index is 0.136. The number of hydrogen-bond donors (Lipinski definition) is 0. The van der Waals surface area contributed by atoms with Crippen LogP contribution in [-0.4, -0.2) is 18.0 Å². The number of nitrogens with zero attached hydrogens (tertiary/aromatic N) is 2. The van der Waals surface area contributed by atoms with Crippen LogP contribution in [0.3, 0.4) is 0 Å². The molecule has 0 aliphatic rings. The maximum Gasteiger partial charge on any atom is 0.116 e. The van der Waals surface area contributed by atoms with E-state index in [4.69, 9.17) is 9.97 Å². The Balaban J connectivity index is 1.54. The third-order valence-corrected chi connectivity index (χ3v) is 11.1. The fourth-order valence-corrected chi connectivity index (χ4v) is 8.69. The summed E-state index contributed by atoms with van der Waals surface area (Å²) in [6.45, 7) is 18.6. The van der Waals surface area contributed by atoms with Crippen molar-refractivity contribution in [2.75, 3.05) is 0 Å². The van der Waals surface area contributed by atoms with Gasteiger partial charge in [0.25, 0.3) is 0 Å². The maximum atomic E-state index is 4.86. The Morgan fingerprint density at radius 3 is 2.15 bits per heavy atom. The molecule has 0 saturated heterocycles. The Hall–Kier alpha value is -3.34. The molecule has 0 saturated carbocycles. The van der Waals surface area contributed by atoms with E-state index in [2.05, 4.69) is 121 Å². The molecule has 0 fully saturated rings. The number of rotatable bonds is 3. The van der Waals surface area contributed by atoms with E-state index in [0.29, 0.717) is 0 Å². The van der Waals surface area contributed by atoms with E-state index < -0.39 is 8.07 Å². The smallest absolute Gasteiger partial charge is 0.116 e. The van der Waals surface area contributed by atoms with Crippen LogP contribution in [0.15, 0.2) is 73.1 Å². The molecule has 4 heteroatoms. The molecule has 0 spiro atoms. The van der Waals surface area contributed by atoms with Crippen LogP contribution < -0.4 is 5.19 Å². The summed E-state index contributed by atoms with van der Waals surface area (Å²) in [6, 6.07) is 25.1. The molecule has 0 amide bonds. The summed E-state index contributed by atoms with van der Waals surface area (Å²) in [5.41, 5.74) is 10.1. The summed E-state index contributed by atoms with van der Waals surface area (Å²) in [4.78, 5) is 9.63. The van der Waals surface area contributed by atoms with Crippen molar-refractivity contribution in [1.29, 1.82) is 0 Å². The molecule has 0 aliphatic heterocycles. The second-order valence-corrected chi connectivity index (χ2v) is 19.0. The van der Waals surface area contributed by atoms with Gasteiger partial charge in [0.15, 0.2) is 0 Å². The van der Waals surface area contributed by atoms with E-state index in [9.17, 15) is 0 Å². The second-order valence-electron chi connectivity index (χ2n) is 12.9. The van der Waals surface area contributed by atoms with Gasteiger partial charge in [0.2, 0.25) is 0 Å². The van der Waals surface area contributed by atoms with Crippen LogP contribution >= 0.6 is 11.3 Å². The first-order chi connectivity index (χ1) is 18.4. The zero-order valence-corrected chi connectivity index (χ0v) is 26.0. The second kappa shape index (κ2) is 9.11. The number of hydrogen-bond acceptors (Lipinski definition) is 3. The fraction of sp³-hybridized carbons (Fsp3) is 0.257. The van der Waals surface area contributed by atoms with Gasteiger partial charge in [0.1, 0.15) is 6.33 Å². The number of aryl methyl sites for hydroxylation is 2. The lowest BCUT2D eigenvalue weighted by molar-refractivity contribution is 0.589. The van der Waals surface area contributed by atoms with Crippen LogP contribution in [0.1, 0.15) is 37.5 Å². The molecule has 196 valence electrons. The van der Waals surface area contributed by atoms with E-state index in [1.165, 1.54) is 59.4 Å². The van der Waals surface area contributed by atoms with Crippen LogP contribution in [0.2, 0.25) is 19.6 Å². The highest BCUT2D eigenvalue weighted by Gasteiger charge is 2.22. The zero-order valence-electron chi connectivity index (χ0n) is 24.2. The number of benzene rings is 4. The number of aromatic nitrogens is 2. The van der Waals surface area contributed by atoms with Crippen LogP contribution in [0, 0.1) is 13.8 Å². The number of thiophene rings is 1. The van der Waals surface area contributed by atoms with Crippen LogP contribution in [0.5, 0.6) is 0 Å². The molecule has 0 unspecified atom stereocenters. The Labute approximate surface area is 236 Å². The van der Waals surface area contributed by atoms with Crippen LogP contribution in [-0.2, 0) is 5.41 Å². The lowest BCUT2D eigenvalue weighted by Crippen LogP contribution is -2.38. The van der Waals surface area contributed by atoms with E-state index in [1.807, 2.05) is 11.3 Å². The Bertz CT molecular complexity index is 1880. The minimum atomic E-state index is -1.57. The lowest BCUT2D eigenvalue weighted by atomic mass is 9.82. The molecule has 4 aromatic carbocycles. The maximum absolute atomic E-state index is 4.86. The third-order valence-electron chi connectivity index (χ3n) is 7.88. The molecule has 0 N–H and O–H groups in total. The summed E-state index contributed by atoms with van der Waals surface area (Å²) in [6.07, 6.45) is 1.74. The third kappa shape index (κ3) is 4.50. The first-order valence-electron chi connectivity index (χ1n) is 13.7. The van der Waals surface area contributed by atoms with E-state index in [1.54, 1.807) is 6.33 Å². The molecular weight excluding hydrogens is 509 g/mol. The van der Waals surface area contributed by atoms with Crippen molar-refractivity contribution in [3.05, 3.63) is 89.7 Å². The Morgan fingerprint density at radius 2 is 1.46 bits per heavy atom. The highest BCUT2D eigenvalue weighted by molar-refractivity contribution is 7.26. The van der Waals surface area contributed by atoms with Gasteiger partial charge < -0.3 is 0 Å².